The Hall–Kier alpha value is -0.0500. The lowest BCUT2D eigenvalue weighted by Gasteiger charge is -2.39. The fraction of sp³-hybridized carbons (Fsp3) is 1.00. The van der Waals surface area contributed by atoms with Crippen LogP contribution in [0.25, 0.3) is 0 Å². The third kappa shape index (κ3) is 4.02. The van der Waals surface area contributed by atoms with E-state index in [1.165, 1.54) is 7.11 Å². The van der Waals surface area contributed by atoms with Gasteiger partial charge in [-0.15, -0.1) is 11.8 Å². The number of aliphatic hydroxyl groups is 7. The van der Waals surface area contributed by atoms with Crippen molar-refractivity contribution >= 4 is 11.8 Å². The van der Waals surface area contributed by atoms with Gasteiger partial charge in [-0.25, -0.2) is 0 Å². The first-order valence-corrected chi connectivity index (χ1v) is 8.51. The van der Waals surface area contributed by atoms with Crippen LogP contribution in [0.5, 0.6) is 0 Å². The van der Waals surface area contributed by atoms with Crippen molar-refractivity contribution in [3.05, 3.63) is 0 Å². The van der Waals surface area contributed by atoms with E-state index in [9.17, 15) is 30.6 Å². The Morgan fingerprint density at radius 2 is 1.62 bits per heavy atom. The quantitative estimate of drug-likeness (QED) is 0.242. The van der Waals surface area contributed by atoms with Crippen LogP contribution in [0.15, 0.2) is 0 Å². The van der Waals surface area contributed by atoms with Gasteiger partial charge in [0.25, 0.3) is 0 Å². The Morgan fingerprint density at radius 3 is 2.21 bits per heavy atom. The van der Waals surface area contributed by atoms with Gasteiger partial charge >= 0.3 is 0 Å². The summed E-state index contributed by atoms with van der Waals surface area (Å²) in [6.07, 6.45) is -11.4. The van der Waals surface area contributed by atoms with Gasteiger partial charge in [-0.1, -0.05) is 0 Å². The largest absolute Gasteiger partial charge is 0.394 e. The van der Waals surface area contributed by atoms with Gasteiger partial charge in [-0.05, 0) is 0 Å². The van der Waals surface area contributed by atoms with Crippen LogP contribution in [0.1, 0.15) is 0 Å². The molecule has 142 valence electrons. The highest BCUT2D eigenvalue weighted by atomic mass is 32.2. The molecule has 2 heterocycles. The minimum atomic E-state index is -1.46. The molecule has 10 atom stereocenters. The number of hydrogen-bond acceptors (Lipinski definition) is 11. The molecule has 2 rings (SSSR count). The van der Waals surface area contributed by atoms with E-state index in [2.05, 4.69) is 0 Å². The van der Waals surface area contributed by atoms with E-state index in [1.54, 1.807) is 0 Å². The zero-order chi connectivity index (χ0) is 18.0. The summed E-state index contributed by atoms with van der Waals surface area (Å²) in [6.45, 7) is -0.629. The number of methoxy groups -OCH3 is 1. The van der Waals surface area contributed by atoms with Crippen LogP contribution in [-0.2, 0) is 14.2 Å². The van der Waals surface area contributed by atoms with E-state index in [4.69, 9.17) is 19.3 Å². The highest BCUT2D eigenvalue weighted by Crippen LogP contribution is 2.33. The summed E-state index contributed by atoms with van der Waals surface area (Å²) in [4.78, 5) is 0. The summed E-state index contributed by atoms with van der Waals surface area (Å²) in [7, 11) is 1.28. The fourth-order valence-electron chi connectivity index (χ4n) is 2.67. The molecule has 2 saturated heterocycles. The molecule has 0 spiro atoms. The molecule has 0 aromatic carbocycles. The molecule has 0 unspecified atom stereocenters. The van der Waals surface area contributed by atoms with Gasteiger partial charge in [0.1, 0.15) is 48.2 Å². The monoisotopic (exact) mass is 372 g/mol. The SMILES string of the molecule is CO[C@H]1O[C@H](CS[C@@H]2O[C@@H]([C@H](O)CO)[C@H](O)[C@H]2O)[C@H](O)[C@H](O)[C@H]1O. The molecule has 2 aliphatic rings. The van der Waals surface area contributed by atoms with Crippen molar-refractivity contribution in [1.82, 2.24) is 0 Å². The maximum absolute atomic E-state index is 9.96. The van der Waals surface area contributed by atoms with Gasteiger partial charge < -0.3 is 50.0 Å². The summed E-state index contributed by atoms with van der Waals surface area (Å²) in [5.74, 6) is 0.0567. The van der Waals surface area contributed by atoms with Crippen LogP contribution in [0.2, 0.25) is 0 Å². The van der Waals surface area contributed by atoms with Crippen molar-refractivity contribution in [2.24, 2.45) is 0 Å². The Balaban J connectivity index is 1.93. The zero-order valence-electron chi connectivity index (χ0n) is 13.0. The Morgan fingerprint density at radius 1 is 0.958 bits per heavy atom. The molecular formula is C13H24O10S. The number of thioether (sulfide) groups is 1. The van der Waals surface area contributed by atoms with E-state index in [0.29, 0.717) is 0 Å². The number of aliphatic hydroxyl groups excluding tert-OH is 7. The second-order valence-electron chi connectivity index (χ2n) is 5.78. The van der Waals surface area contributed by atoms with Crippen LogP contribution < -0.4 is 0 Å². The summed E-state index contributed by atoms with van der Waals surface area (Å²) in [5, 5.41) is 67.7. The molecule has 0 radical (unpaired) electrons. The predicted octanol–water partition coefficient (Wildman–Crippen LogP) is -4.03. The maximum Gasteiger partial charge on any atom is 0.186 e. The first kappa shape index (κ1) is 20.3. The second kappa shape index (κ2) is 8.56. The molecule has 0 saturated carbocycles. The van der Waals surface area contributed by atoms with Crippen molar-refractivity contribution in [2.45, 2.75) is 60.6 Å². The van der Waals surface area contributed by atoms with E-state index in [0.717, 1.165) is 11.8 Å². The van der Waals surface area contributed by atoms with Gasteiger partial charge in [0.15, 0.2) is 6.29 Å². The molecule has 0 bridgehead atoms. The van der Waals surface area contributed by atoms with Crippen LogP contribution in [0.3, 0.4) is 0 Å². The number of ether oxygens (including phenoxy) is 3. The summed E-state index contributed by atoms with van der Waals surface area (Å²) in [5.41, 5.74) is -0.924. The summed E-state index contributed by atoms with van der Waals surface area (Å²) in [6, 6.07) is 0. The van der Waals surface area contributed by atoms with Crippen molar-refractivity contribution in [3.8, 4) is 0 Å². The molecule has 0 amide bonds. The third-order valence-corrected chi connectivity index (χ3v) is 5.39. The average Bonchev–Trinajstić information content (AvgIpc) is 2.87. The number of rotatable bonds is 6. The molecule has 0 aromatic heterocycles. The normalized spacial score (nSPS) is 47.8. The summed E-state index contributed by atoms with van der Waals surface area (Å²) >= 11 is 0.995. The molecule has 24 heavy (non-hydrogen) atoms. The minimum absolute atomic E-state index is 0.0567. The zero-order valence-corrected chi connectivity index (χ0v) is 13.8. The van der Waals surface area contributed by atoms with E-state index < -0.39 is 67.2 Å². The van der Waals surface area contributed by atoms with Crippen LogP contribution in [-0.4, -0.2) is 116 Å². The van der Waals surface area contributed by atoms with E-state index in [-0.39, 0.29) is 5.75 Å². The van der Waals surface area contributed by atoms with Crippen LogP contribution in [0, 0.1) is 0 Å². The van der Waals surface area contributed by atoms with Crippen molar-refractivity contribution < 1.29 is 50.0 Å². The third-order valence-electron chi connectivity index (χ3n) is 4.15. The maximum atomic E-state index is 9.96. The van der Waals surface area contributed by atoms with Crippen LogP contribution >= 0.6 is 11.8 Å². The Bertz CT molecular complexity index is 399. The smallest absolute Gasteiger partial charge is 0.186 e. The van der Waals surface area contributed by atoms with E-state index in [1.807, 2.05) is 0 Å². The molecule has 2 fully saturated rings. The average molecular weight is 372 g/mol. The predicted molar refractivity (Wildman–Crippen MR) is 79.9 cm³/mol. The molecular weight excluding hydrogens is 348 g/mol. The highest BCUT2D eigenvalue weighted by Gasteiger charge is 2.48. The topological polar surface area (TPSA) is 169 Å². The lowest BCUT2D eigenvalue weighted by molar-refractivity contribution is -0.285. The molecule has 10 nitrogen and oxygen atoms in total. The Kier molecular flexibility index (Phi) is 7.22. The van der Waals surface area contributed by atoms with Crippen molar-refractivity contribution in [3.63, 3.8) is 0 Å². The van der Waals surface area contributed by atoms with Gasteiger partial charge in [-0.3, -0.25) is 0 Å². The van der Waals surface area contributed by atoms with Crippen molar-refractivity contribution in [2.75, 3.05) is 19.5 Å². The molecule has 7 N–H and O–H groups in total. The molecule has 0 aromatic rings. The summed E-state index contributed by atoms with van der Waals surface area (Å²) < 4.78 is 15.6. The number of hydrogen-bond donors (Lipinski definition) is 7. The highest BCUT2D eigenvalue weighted by molar-refractivity contribution is 7.99. The second-order valence-corrected chi connectivity index (χ2v) is 6.92. The lowest BCUT2D eigenvalue weighted by Crippen LogP contribution is -2.58. The van der Waals surface area contributed by atoms with Gasteiger partial charge in [0.05, 0.1) is 12.7 Å². The molecule has 2 aliphatic heterocycles. The Labute approximate surface area is 142 Å². The first-order chi connectivity index (χ1) is 11.3. The standard InChI is InChI=1S/C13H24O10S/c1-21-12-9(19)7(17)6(16)5(22-12)3-24-13-10(20)8(18)11(23-13)4(15)2-14/h4-20H,2-3H2,1H3/t4-,5-,6+,7+,8-,9-,10-,11+,12+,13+/m1/s1. The molecule has 11 heteroatoms. The first-order valence-electron chi connectivity index (χ1n) is 7.46. The molecule has 0 aliphatic carbocycles. The van der Waals surface area contributed by atoms with Gasteiger partial charge in [0.2, 0.25) is 0 Å². The van der Waals surface area contributed by atoms with Gasteiger partial charge in [-0.2, -0.15) is 0 Å². The van der Waals surface area contributed by atoms with E-state index >= 15 is 0 Å². The minimum Gasteiger partial charge on any atom is -0.394 e. The fourth-order valence-corrected chi connectivity index (χ4v) is 3.89. The van der Waals surface area contributed by atoms with Crippen LogP contribution in [0.4, 0.5) is 0 Å². The lowest BCUT2D eigenvalue weighted by atomic mass is 10.00. The van der Waals surface area contributed by atoms with Crippen molar-refractivity contribution in [1.29, 1.82) is 0 Å². The van der Waals surface area contributed by atoms with Gasteiger partial charge in [0, 0.05) is 12.9 Å².